The monoisotopic (exact) mass is 895 g/mol. The molecule has 0 bridgehead atoms. The van der Waals surface area contributed by atoms with Crippen LogP contribution in [-0.4, -0.2) is 85.5 Å². The number of rotatable bonds is 15. The molecule has 0 radical (unpaired) electrons. The minimum Gasteiger partial charge on any atom is -0.508 e. The van der Waals surface area contributed by atoms with Gasteiger partial charge in [0.2, 0.25) is 11.4 Å². The summed E-state index contributed by atoms with van der Waals surface area (Å²) in [5, 5.41) is 30.1. The van der Waals surface area contributed by atoms with E-state index < -0.39 is 35.5 Å². The predicted octanol–water partition coefficient (Wildman–Crippen LogP) is 1.32. The highest BCUT2D eigenvalue weighted by Gasteiger charge is 2.38. The number of benzene rings is 1. The largest absolute Gasteiger partial charge is 0.508 e. The molecule has 11 N–H and O–H groups in total. The molecule has 1 aromatic carbocycles. The van der Waals surface area contributed by atoms with Gasteiger partial charge >= 0.3 is 29.4 Å². The fourth-order valence-electron chi connectivity index (χ4n) is 4.51. The zero-order valence-electron chi connectivity index (χ0n) is 31.1. The molecule has 1 amide bonds. The number of esters is 1. The van der Waals surface area contributed by atoms with E-state index in [0.717, 1.165) is 21.7 Å². The normalized spacial score (nSPS) is 12.0. The molecule has 4 rings (SSSR count). The molecular weight excluding hydrogens is 853 g/mol. The Morgan fingerprint density at radius 3 is 2.07 bits per heavy atom. The molecule has 0 fully saturated rings. The standard InChI is InChI=1S/C23H27N5O4S.C8H9NO3.H5O10P3/c1-14-21(33-13-28(14)12-18-11-25-15(2)26-22(18)24)8-9-32-23(31)20(27-16(3)29)10-17-4-6-19(30)7-5-17;1-5-8(12)7(4-11)6(3-10)2-9-5;1-11(2,3)9-13(7,8)10-12(4,5)6/h4-7,11,13,20H,8-10,12H2,1-3H3,(H3-,24,25,26,27,29,30);2,4,10,12H,3H2,1H3;(H,7,8)(H2,1,2,3)(H2,4,5,6)/p+1/t20-;;/m0../s1. The van der Waals surface area contributed by atoms with E-state index in [9.17, 15) is 38.3 Å². The lowest BCUT2D eigenvalue weighted by molar-refractivity contribution is -0.689. The zero-order chi connectivity index (χ0) is 44.0. The summed E-state index contributed by atoms with van der Waals surface area (Å²) in [4.78, 5) is 88.1. The number of hydrogen-bond acceptors (Lipinski definition) is 17. The van der Waals surface area contributed by atoms with Gasteiger partial charge in [0.1, 0.15) is 29.2 Å². The number of phenols is 1. The number of aliphatic hydroxyl groups is 1. The summed E-state index contributed by atoms with van der Waals surface area (Å²) in [6, 6.07) is 5.69. The molecule has 0 spiro atoms. The molecule has 0 unspecified atom stereocenters. The van der Waals surface area contributed by atoms with Crippen molar-refractivity contribution in [3.05, 3.63) is 86.5 Å². The third-order valence-corrected chi connectivity index (χ3v) is 11.7. The van der Waals surface area contributed by atoms with Crippen LogP contribution in [0.1, 0.15) is 56.1 Å². The van der Waals surface area contributed by atoms with Gasteiger partial charge in [-0.2, -0.15) is 13.2 Å². The summed E-state index contributed by atoms with van der Waals surface area (Å²) in [6.07, 6.45) is 4.45. The lowest BCUT2D eigenvalue weighted by Crippen LogP contribution is -2.42. The second-order valence-corrected chi connectivity index (χ2v) is 16.9. The lowest BCUT2D eigenvalue weighted by atomic mass is 10.1. The number of aldehydes is 1. The maximum absolute atomic E-state index is 12.6. The molecule has 58 heavy (non-hydrogen) atoms. The van der Waals surface area contributed by atoms with Crippen LogP contribution in [0.2, 0.25) is 0 Å². The van der Waals surface area contributed by atoms with Gasteiger partial charge in [-0.25, -0.2) is 28.5 Å². The van der Waals surface area contributed by atoms with Crippen LogP contribution in [0.15, 0.2) is 42.2 Å². The van der Waals surface area contributed by atoms with Gasteiger partial charge in [0.25, 0.3) is 0 Å². The van der Waals surface area contributed by atoms with Crippen LogP contribution in [-0.2, 0) is 62.6 Å². The molecule has 0 saturated carbocycles. The van der Waals surface area contributed by atoms with E-state index >= 15 is 0 Å². The summed E-state index contributed by atoms with van der Waals surface area (Å²) >= 11 is 1.58. The second-order valence-electron chi connectivity index (χ2n) is 11.7. The van der Waals surface area contributed by atoms with E-state index in [4.69, 9.17) is 40.0 Å². The Balaban J connectivity index is 0.000000379. The number of carbonyl (C=O) groups is 3. The lowest BCUT2D eigenvalue weighted by Gasteiger charge is -2.17. The van der Waals surface area contributed by atoms with Crippen LogP contribution in [0.4, 0.5) is 5.82 Å². The first kappa shape index (κ1) is 49.6. The van der Waals surface area contributed by atoms with E-state index in [1.807, 2.05) is 12.4 Å². The Labute approximate surface area is 334 Å². The van der Waals surface area contributed by atoms with Gasteiger partial charge in [-0.15, -0.1) is 0 Å². The summed E-state index contributed by atoms with van der Waals surface area (Å²) in [6.45, 7) is 7.20. The van der Waals surface area contributed by atoms with E-state index in [-0.39, 0.29) is 42.6 Å². The maximum atomic E-state index is 12.6. The van der Waals surface area contributed by atoms with Crippen molar-refractivity contribution < 1.29 is 85.8 Å². The molecule has 3 aromatic heterocycles. The van der Waals surface area contributed by atoms with Crippen molar-refractivity contribution in [3.8, 4) is 11.5 Å². The summed E-state index contributed by atoms with van der Waals surface area (Å²) in [7, 11) is -16.2. The molecule has 0 aliphatic carbocycles. The number of amides is 1. The Morgan fingerprint density at radius 1 is 0.966 bits per heavy atom. The molecule has 0 aliphatic heterocycles. The number of aromatic hydroxyl groups is 2. The van der Waals surface area contributed by atoms with Crippen LogP contribution >= 0.6 is 34.8 Å². The SMILES string of the molecule is CC(=O)N[C@@H](Cc1ccc(O)cc1)C(=O)OCCc1sc[n+](Cc2cnc(C)nc2N)c1C.Cc1ncc(CO)c(C=O)c1O.O=P(O)(O)OP(=O)(O)OP(=O)(O)O. The van der Waals surface area contributed by atoms with Crippen molar-refractivity contribution in [3.63, 3.8) is 0 Å². The van der Waals surface area contributed by atoms with Gasteiger partial charge in [-0.1, -0.05) is 23.5 Å². The van der Waals surface area contributed by atoms with Crippen molar-refractivity contribution in [2.45, 2.75) is 59.7 Å². The summed E-state index contributed by atoms with van der Waals surface area (Å²) in [5.74, 6) is 0.271. The number of thiazole rings is 1. The highest BCUT2D eigenvalue weighted by atomic mass is 32.1. The Morgan fingerprint density at radius 2 is 1.55 bits per heavy atom. The number of phenolic OH excluding ortho intramolecular Hbond substituents is 1. The van der Waals surface area contributed by atoms with Crippen LogP contribution in [0, 0.1) is 20.8 Å². The van der Waals surface area contributed by atoms with E-state index in [1.54, 1.807) is 43.5 Å². The van der Waals surface area contributed by atoms with Crippen molar-refractivity contribution in [2.24, 2.45) is 0 Å². The molecule has 3 heterocycles. The molecule has 23 nitrogen and oxygen atoms in total. The van der Waals surface area contributed by atoms with Gasteiger partial charge in [0, 0.05) is 44.6 Å². The molecule has 1 atom stereocenters. The van der Waals surface area contributed by atoms with E-state index in [1.165, 1.54) is 25.3 Å². The number of phosphoric acid groups is 3. The van der Waals surface area contributed by atoms with Gasteiger partial charge in [0.05, 0.1) is 34.9 Å². The highest BCUT2D eigenvalue weighted by Crippen LogP contribution is 2.64. The van der Waals surface area contributed by atoms with E-state index in [2.05, 4.69) is 33.5 Å². The number of pyridine rings is 1. The summed E-state index contributed by atoms with van der Waals surface area (Å²) in [5.41, 5.74) is 11.5. The average Bonchev–Trinajstić information content (AvgIpc) is 3.43. The first-order valence-electron chi connectivity index (χ1n) is 16.2. The minimum atomic E-state index is -5.46. The number of aryl methyl sites for hydroxylation is 2. The first-order chi connectivity index (χ1) is 26.8. The van der Waals surface area contributed by atoms with Gasteiger partial charge < -0.3 is 55.6 Å². The number of nitrogen functional groups attached to an aromatic ring is 1. The number of nitrogens with one attached hydrogen (secondary N) is 1. The van der Waals surface area contributed by atoms with Gasteiger partial charge in [0.15, 0.2) is 18.5 Å². The van der Waals surface area contributed by atoms with Crippen LogP contribution < -0.4 is 15.6 Å². The number of ether oxygens (including phenoxy) is 1. The molecule has 0 aliphatic rings. The molecule has 0 saturated heterocycles. The topological polar surface area (TPSA) is 373 Å². The fourth-order valence-corrected chi connectivity index (χ4v) is 8.02. The number of aliphatic hydroxyl groups excluding tert-OH is 1. The van der Waals surface area contributed by atoms with E-state index in [0.29, 0.717) is 42.2 Å². The minimum absolute atomic E-state index is 0.116. The number of anilines is 1. The molecular formula is C31H42N6O17P3S+. The van der Waals surface area contributed by atoms with Crippen LogP contribution in [0.5, 0.6) is 11.5 Å². The number of aromatic nitrogens is 4. The third-order valence-electron chi connectivity index (χ3n) is 7.19. The zero-order valence-corrected chi connectivity index (χ0v) is 34.6. The number of carbonyl (C=O) groups excluding carboxylic acids is 3. The molecule has 27 heteroatoms. The smallest absolute Gasteiger partial charge is 0.490 e. The molecule has 4 aromatic rings. The van der Waals surface area contributed by atoms with Crippen molar-refractivity contribution in [1.29, 1.82) is 0 Å². The van der Waals surface area contributed by atoms with Crippen LogP contribution in [0.3, 0.4) is 0 Å². The Kier molecular flexibility index (Phi) is 18.8. The number of nitrogens with two attached hydrogens (primary N) is 1. The second kappa shape index (κ2) is 22.0. The van der Waals surface area contributed by atoms with Gasteiger partial charge in [-0.3, -0.25) is 14.6 Å². The summed E-state index contributed by atoms with van der Waals surface area (Å²) < 4.78 is 43.9. The Bertz CT molecular complexity index is 2170. The third kappa shape index (κ3) is 17.5. The number of nitrogens with zero attached hydrogens (tertiary/aromatic N) is 4. The maximum Gasteiger partial charge on any atom is 0.490 e. The quantitative estimate of drug-likeness (QED) is 0.0348. The van der Waals surface area contributed by atoms with Crippen molar-refractivity contribution in [1.82, 2.24) is 20.3 Å². The fraction of sp³-hybridized carbons (Fsp3) is 0.323. The number of hydrogen-bond donors (Lipinski definition) is 10. The first-order valence-corrected chi connectivity index (χ1v) is 21.6. The molecule has 318 valence electrons. The predicted molar refractivity (Wildman–Crippen MR) is 202 cm³/mol. The Hall–Kier alpha value is -4.54. The van der Waals surface area contributed by atoms with Crippen molar-refractivity contribution in [2.75, 3.05) is 12.3 Å². The average molecular weight is 896 g/mol. The van der Waals surface area contributed by atoms with Gasteiger partial charge in [-0.05, 0) is 31.5 Å². The van der Waals surface area contributed by atoms with Crippen molar-refractivity contribution >= 4 is 58.8 Å². The highest BCUT2D eigenvalue weighted by molar-refractivity contribution is 7.66. The van der Waals surface area contributed by atoms with Crippen LogP contribution in [0.25, 0.3) is 0 Å².